The third-order valence-corrected chi connectivity index (χ3v) is 6.54. The van der Waals surface area contributed by atoms with E-state index in [1.165, 1.54) is 14.2 Å². The van der Waals surface area contributed by atoms with Gasteiger partial charge in [0.15, 0.2) is 0 Å². The Morgan fingerprint density at radius 3 is 1.64 bits per heavy atom. The normalized spacial score (nSPS) is 10.7. The zero-order valence-electron chi connectivity index (χ0n) is 24.6. The predicted molar refractivity (Wildman–Crippen MR) is 179 cm³/mol. The molecule has 0 unspecified atom stereocenters. The highest BCUT2D eigenvalue weighted by Gasteiger charge is 2.06. The van der Waals surface area contributed by atoms with E-state index >= 15 is 0 Å². The Kier molecular flexibility index (Phi) is 10.2. The number of hydrogen-bond donors (Lipinski definition) is 3. The smallest absolute Gasteiger partial charge is 0.337 e. The van der Waals surface area contributed by atoms with E-state index in [-0.39, 0.29) is 17.9 Å². The lowest BCUT2D eigenvalue weighted by Crippen LogP contribution is -2.00. The Labute approximate surface area is 260 Å². The number of anilines is 3. The van der Waals surface area contributed by atoms with E-state index in [0.29, 0.717) is 33.8 Å². The third kappa shape index (κ3) is 8.30. The second-order valence-corrected chi connectivity index (χ2v) is 9.57. The number of hydrogen-bond acceptors (Lipinski definition) is 9. The molecule has 0 atom stereocenters. The molecule has 0 aliphatic carbocycles. The molecule has 0 radical (unpaired) electrons. The molecule has 0 aliphatic rings. The molecule has 0 saturated heterocycles. The van der Waals surface area contributed by atoms with Crippen LogP contribution in [0.15, 0.2) is 84.9 Å². The van der Waals surface area contributed by atoms with Crippen molar-refractivity contribution in [1.29, 1.82) is 0 Å². The maximum atomic E-state index is 11.4. The van der Waals surface area contributed by atoms with Crippen LogP contribution in [0.4, 0.5) is 23.1 Å². The van der Waals surface area contributed by atoms with Gasteiger partial charge >= 0.3 is 11.9 Å². The molecule has 0 spiro atoms. The van der Waals surface area contributed by atoms with Crippen LogP contribution < -0.4 is 17.2 Å². The minimum Gasteiger partial charge on any atom is -0.465 e. The van der Waals surface area contributed by atoms with Crippen LogP contribution in [-0.4, -0.2) is 36.1 Å². The molecule has 5 aromatic rings. The summed E-state index contributed by atoms with van der Waals surface area (Å²) >= 11 is 0. The molecule has 6 N–H and O–H groups in total. The summed E-state index contributed by atoms with van der Waals surface area (Å²) in [5.74, 6) is -0.190. The average Bonchev–Trinajstić information content (AvgIpc) is 3.07. The molecule has 5 rings (SSSR count). The number of benzene rings is 4. The number of nitrogen functional groups attached to an aromatic ring is 3. The van der Waals surface area contributed by atoms with Crippen molar-refractivity contribution >= 4 is 70.3 Å². The van der Waals surface area contributed by atoms with Gasteiger partial charge in [0.2, 0.25) is 11.6 Å². The van der Waals surface area contributed by atoms with E-state index in [0.717, 1.165) is 27.6 Å². The van der Waals surface area contributed by atoms with E-state index in [2.05, 4.69) is 24.3 Å². The Balaban J connectivity index is 0.000000207. The number of rotatable bonds is 6. The summed E-state index contributed by atoms with van der Waals surface area (Å²) < 4.78 is 9.32. The van der Waals surface area contributed by atoms with Crippen LogP contribution in [0.5, 0.6) is 0 Å². The van der Waals surface area contributed by atoms with Gasteiger partial charge in [0.05, 0.1) is 37.4 Å². The molecule has 1 heterocycles. The molecule has 0 saturated carbocycles. The monoisotopic (exact) mass is 598 g/mol. The minimum atomic E-state index is -0.356. The fourth-order valence-electron chi connectivity index (χ4n) is 4.13. The largest absolute Gasteiger partial charge is 0.465 e. The number of fused-ring (bicyclic) bond motifs is 1. The van der Waals surface area contributed by atoms with E-state index < -0.39 is 0 Å². The molecule has 45 heavy (non-hydrogen) atoms. The number of carbonyl (C=O) groups is 2. The molecule has 10 heteroatoms. The standard InChI is InChI=1S/C18H16N4O2.C17H14N2O2/c1-24-17(23)13-7-4-11(5-8-13)2-3-12-6-9-15-14(10-12)16(19)22-18(20)21-15;1-19-16-11-13(7-10-15(16)18)4-3-12-5-8-14(9-6-12)17(20)21-2/h2-10H,1H3,(H4,19,20,21,22);3-11H,18H2,2H3. The van der Waals surface area contributed by atoms with Gasteiger partial charge in [0, 0.05) is 11.1 Å². The summed E-state index contributed by atoms with van der Waals surface area (Å²) in [6, 6.07) is 25.2. The number of carbonyl (C=O) groups excluding carboxylic acids is 2. The molecule has 0 aliphatic heterocycles. The van der Waals surface area contributed by atoms with Crippen molar-refractivity contribution in [3.05, 3.63) is 130 Å². The van der Waals surface area contributed by atoms with E-state index in [1.807, 2.05) is 72.8 Å². The van der Waals surface area contributed by atoms with Gasteiger partial charge in [-0.25, -0.2) is 19.4 Å². The summed E-state index contributed by atoms with van der Waals surface area (Å²) in [5.41, 5.74) is 23.6. The zero-order chi connectivity index (χ0) is 32.3. The van der Waals surface area contributed by atoms with Crippen molar-refractivity contribution < 1.29 is 19.1 Å². The second-order valence-electron chi connectivity index (χ2n) is 9.57. The highest BCUT2D eigenvalue weighted by Crippen LogP contribution is 2.24. The molecule has 0 fully saturated rings. The van der Waals surface area contributed by atoms with Crippen LogP contribution >= 0.6 is 0 Å². The first-order chi connectivity index (χ1) is 21.7. The number of nitrogens with two attached hydrogens (primary N) is 3. The van der Waals surface area contributed by atoms with E-state index in [1.54, 1.807) is 36.4 Å². The fraction of sp³-hybridized carbons (Fsp3) is 0.0571. The summed E-state index contributed by atoms with van der Waals surface area (Å²) in [4.78, 5) is 34.2. The topological polar surface area (TPSA) is 161 Å². The molecule has 4 aromatic carbocycles. The van der Waals surface area contributed by atoms with Crippen LogP contribution in [0.1, 0.15) is 43.0 Å². The summed E-state index contributed by atoms with van der Waals surface area (Å²) in [7, 11) is 2.71. The summed E-state index contributed by atoms with van der Waals surface area (Å²) in [5, 5.41) is 0.757. The Morgan fingerprint density at radius 2 is 1.13 bits per heavy atom. The van der Waals surface area contributed by atoms with Gasteiger partial charge in [-0.15, -0.1) is 0 Å². The van der Waals surface area contributed by atoms with E-state index in [4.69, 9.17) is 23.8 Å². The van der Waals surface area contributed by atoms with Crippen LogP contribution in [0.3, 0.4) is 0 Å². The SMILES string of the molecule is COC(=O)c1ccc(C=Cc2ccc3nc(N)nc(N)c3c2)cc1.[C-]#[N+]c1cc(C=Cc2ccc(C(=O)OC)cc2)ccc1N. The van der Waals surface area contributed by atoms with Crippen LogP contribution in [0.25, 0.3) is 40.1 Å². The highest BCUT2D eigenvalue weighted by atomic mass is 16.5. The molecule has 1 aromatic heterocycles. The lowest BCUT2D eigenvalue weighted by atomic mass is 10.1. The van der Waals surface area contributed by atoms with Gasteiger partial charge in [0.1, 0.15) is 5.82 Å². The van der Waals surface area contributed by atoms with Gasteiger partial charge < -0.3 is 26.7 Å². The fourth-order valence-corrected chi connectivity index (χ4v) is 4.13. The van der Waals surface area contributed by atoms with Crippen molar-refractivity contribution in [2.75, 3.05) is 31.4 Å². The van der Waals surface area contributed by atoms with Gasteiger partial charge in [-0.1, -0.05) is 60.7 Å². The van der Waals surface area contributed by atoms with Crippen LogP contribution in [-0.2, 0) is 9.47 Å². The number of ether oxygens (including phenoxy) is 2. The Morgan fingerprint density at radius 1 is 0.667 bits per heavy atom. The minimum absolute atomic E-state index is 0.161. The number of nitrogens with zero attached hydrogens (tertiary/aromatic N) is 3. The average molecular weight is 599 g/mol. The van der Waals surface area contributed by atoms with Crippen molar-refractivity contribution in [3.63, 3.8) is 0 Å². The van der Waals surface area contributed by atoms with Gasteiger partial charge in [-0.2, -0.15) is 4.98 Å². The first kappa shape index (κ1) is 31.5. The maximum Gasteiger partial charge on any atom is 0.337 e. The lowest BCUT2D eigenvalue weighted by molar-refractivity contribution is 0.0592. The van der Waals surface area contributed by atoms with Gasteiger partial charge in [-0.05, 0) is 70.8 Å². The van der Waals surface area contributed by atoms with Crippen molar-refractivity contribution in [2.45, 2.75) is 0 Å². The maximum absolute atomic E-state index is 11.4. The molecule has 224 valence electrons. The zero-order valence-corrected chi connectivity index (χ0v) is 24.6. The first-order valence-corrected chi connectivity index (χ1v) is 13.5. The highest BCUT2D eigenvalue weighted by molar-refractivity contribution is 5.92. The number of esters is 2. The van der Waals surface area contributed by atoms with E-state index in [9.17, 15) is 9.59 Å². The van der Waals surface area contributed by atoms with Crippen molar-refractivity contribution in [1.82, 2.24) is 9.97 Å². The molecule has 0 bridgehead atoms. The van der Waals surface area contributed by atoms with Crippen molar-refractivity contribution in [3.8, 4) is 0 Å². The molecule has 0 amide bonds. The van der Waals surface area contributed by atoms with Gasteiger partial charge in [0.25, 0.3) is 0 Å². The molecular weight excluding hydrogens is 568 g/mol. The summed E-state index contributed by atoms with van der Waals surface area (Å²) in [6.45, 7) is 7.04. The van der Waals surface area contributed by atoms with Crippen LogP contribution in [0, 0.1) is 6.57 Å². The lowest BCUT2D eigenvalue weighted by Gasteiger charge is -2.03. The second kappa shape index (κ2) is 14.6. The Bertz CT molecular complexity index is 1940. The first-order valence-electron chi connectivity index (χ1n) is 13.5. The van der Waals surface area contributed by atoms with Gasteiger partial charge in [-0.3, -0.25) is 0 Å². The number of aromatic nitrogens is 2. The Hall–Kier alpha value is -6.47. The molecular formula is C35H30N6O4. The predicted octanol–water partition coefficient (Wildman–Crippen LogP) is 6.53. The summed E-state index contributed by atoms with van der Waals surface area (Å²) in [6.07, 6.45) is 7.68. The molecule has 10 nitrogen and oxygen atoms in total. The van der Waals surface area contributed by atoms with Crippen LogP contribution in [0.2, 0.25) is 0 Å². The number of methoxy groups -OCH3 is 2. The quantitative estimate of drug-likeness (QED) is 0.0854. The third-order valence-electron chi connectivity index (χ3n) is 6.54. The van der Waals surface area contributed by atoms with Crippen molar-refractivity contribution in [2.24, 2.45) is 0 Å².